The predicted octanol–water partition coefficient (Wildman–Crippen LogP) is 2.72. The molecule has 4 rings (SSSR count). The lowest BCUT2D eigenvalue weighted by atomic mass is 9.96. The summed E-state index contributed by atoms with van der Waals surface area (Å²) in [7, 11) is 0. The van der Waals surface area contributed by atoms with Gasteiger partial charge in [0.05, 0.1) is 6.54 Å². The van der Waals surface area contributed by atoms with Crippen molar-refractivity contribution < 1.29 is 9.59 Å². The van der Waals surface area contributed by atoms with Gasteiger partial charge in [-0.2, -0.15) is 0 Å². The highest BCUT2D eigenvalue weighted by Crippen LogP contribution is 2.24. The van der Waals surface area contributed by atoms with Crippen LogP contribution in [0.5, 0.6) is 0 Å². The Balaban J connectivity index is 1.54. The van der Waals surface area contributed by atoms with Crippen LogP contribution in [-0.2, 0) is 11.3 Å². The minimum atomic E-state index is -0.364. The molecule has 0 unspecified atom stereocenters. The molecule has 1 fully saturated rings. The number of benzene rings is 1. The van der Waals surface area contributed by atoms with Crippen molar-refractivity contribution in [3.63, 3.8) is 0 Å². The molecule has 9 nitrogen and oxygen atoms in total. The molecule has 0 saturated carbocycles. The van der Waals surface area contributed by atoms with Crippen LogP contribution in [0.15, 0.2) is 54.7 Å². The van der Waals surface area contributed by atoms with Gasteiger partial charge in [0, 0.05) is 31.7 Å². The molecule has 1 aliphatic rings. The van der Waals surface area contributed by atoms with Crippen LogP contribution in [0.25, 0.3) is 0 Å². The summed E-state index contributed by atoms with van der Waals surface area (Å²) in [6.45, 7) is 4.58. The van der Waals surface area contributed by atoms with Crippen LogP contribution >= 0.6 is 0 Å². The van der Waals surface area contributed by atoms with E-state index < -0.39 is 0 Å². The van der Waals surface area contributed by atoms with E-state index in [4.69, 9.17) is 0 Å². The fourth-order valence-corrected chi connectivity index (χ4v) is 3.95. The van der Waals surface area contributed by atoms with Gasteiger partial charge in [0.25, 0.3) is 5.91 Å². The molecule has 3 heterocycles. The van der Waals surface area contributed by atoms with Crippen LogP contribution in [0.3, 0.4) is 0 Å². The number of nitrogens with zero attached hydrogens (tertiary/aromatic N) is 5. The molecule has 1 saturated heterocycles. The quantitative estimate of drug-likeness (QED) is 0.550. The molecule has 1 aromatic carbocycles. The van der Waals surface area contributed by atoms with Crippen molar-refractivity contribution in [3.05, 3.63) is 66.1 Å². The zero-order chi connectivity index (χ0) is 23.0. The first kappa shape index (κ1) is 22.4. The molecule has 0 radical (unpaired) electrons. The fourth-order valence-electron chi connectivity index (χ4n) is 3.95. The standard InChI is InChI=1S/C24H29N7O2/c1-2-13-26-22(32)19-11-15-30(16-12-19)24-29-28-21(23(33)27-20-10-6-7-14-25-20)31(24)17-18-8-4-3-5-9-18/h3-10,14,19H,2,11-13,15-17H2,1H3,(H,26,32)(H,25,27,33). The Bertz CT molecular complexity index is 1060. The molecule has 33 heavy (non-hydrogen) atoms. The van der Waals surface area contributed by atoms with Crippen LogP contribution in [0.2, 0.25) is 0 Å². The van der Waals surface area contributed by atoms with Gasteiger partial charge in [-0.05, 0) is 37.0 Å². The van der Waals surface area contributed by atoms with Crippen LogP contribution < -0.4 is 15.5 Å². The van der Waals surface area contributed by atoms with Crippen molar-refractivity contribution in [1.82, 2.24) is 25.1 Å². The van der Waals surface area contributed by atoms with Gasteiger partial charge in [-0.1, -0.05) is 43.3 Å². The van der Waals surface area contributed by atoms with E-state index in [1.807, 2.05) is 47.9 Å². The summed E-state index contributed by atoms with van der Waals surface area (Å²) >= 11 is 0. The maximum atomic E-state index is 13.0. The summed E-state index contributed by atoms with van der Waals surface area (Å²) in [5.74, 6) is 1.08. The highest BCUT2D eigenvalue weighted by Gasteiger charge is 2.29. The minimum absolute atomic E-state index is 0.00483. The van der Waals surface area contributed by atoms with Gasteiger partial charge in [-0.25, -0.2) is 4.98 Å². The number of hydrogen-bond donors (Lipinski definition) is 2. The number of carbonyl (C=O) groups is 2. The summed E-state index contributed by atoms with van der Waals surface area (Å²) in [5.41, 5.74) is 1.04. The van der Waals surface area contributed by atoms with Crippen molar-refractivity contribution in [3.8, 4) is 0 Å². The number of hydrogen-bond acceptors (Lipinski definition) is 6. The number of nitrogens with one attached hydrogen (secondary N) is 2. The Morgan fingerprint density at radius 2 is 1.79 bits per heavy atom. The monoisotopic (exact) mass is 447 g/mol. The van der Waals surface area contributed by atoms with Gasteiger partial charge >= 0.3 is 0 Å². The number of aromatic nitrogens is 4. The molecular weight excluding hydrogens is 418 g/mol. The van der Waals surface area contributed by atoms with Gasteiger partial charge in [0.15, 0.2) is 0 Å². The second kappa shape index (κ2) is 10.7. The van der Waals surface area contributed by atoms with Gasteiger partial charge in [0.1, 0.15) is 5.82 Å². The maximum absolute atomic E-state index is 13.0. The first-order valence-electron chi connectivity index (χ1n) is 11.4. The molecule has 2 N–H and O–H groups in total. The highest BCUT2D eigenvalue weighted by molar-refractivity contribution is 6.01. The molecular formula is C24H29N7O2. The van der Waals surface area contributed by atoms with Gasteiger partial charge in [-0.3, -0.25) is 14.2 Å². The van der Waals surface area contributed by atoms with Crippen molar-refractivity contribution >= 4 is 23.6 Å². The average molecular weight is 448 g/mol. The van der Waals surface area contributed by atoms with E-state index in [1.165, 1.54) is 0 Å². The van der Waals surface area contributed by atoms with Crippen molar-refractivity contribution in [2.45, 2.75) is 32.7 Å². The third-order valence-electron chi connectivity index (χ3n) is 5.72. The third-order valence-corrected chi connectivity index (χ3v) is 5.72. The Labute approximate surface area is 193 Å². The Morgan fingerprint density at radius 3 is 2.48 bits per heavy atom. The molecule has 2 aromatic heterocycles. The summed E-state index contributed by atoms with van der Waals surface area (Å²) in [6.07, 6.45) is 4.03. The zero-order valence-electron chi connectivity index (χ0n) is 18.8. The second-order valence-electron chi connectivity index (χ2n) is 8.12. The van der Waals surface area contributed by atoms with Crippen LogP contribution in [0.1, 0.15) is 42.4 Å². The Hall–Kier alpha value is -3.75. The minimum Gasteiger partial charge on any atom is -0.356 e. The number of piperidine rings is 1. The molecule has 0 aliphatic carbocycles. The first-order chi connectivity index (χ1) is 16.2. The van der Waals surface area contributed by atoms with Gasteiger partial charge < -0.3 is 15.5 Å². The van der Waals surface area contributed by atoms with E-state index in [0.717, 1.165) is 24.8 Å². The molecule has 1 aliphatic heterocycles. The topological polar surface area (TPSA) is 105 Å². The van der Waals surface area contributed by atoms with E-state index in [9.17, 15) is 9.59 Å². The largest absolute Gasteiger partial charge is 0.356 e. The molecule has 2 amide bonds. The number of pyridine rings is 1. The molecule has 3 aromatic rings. The highest BCUT2D eigenvalue weighted by atomic mass is 16.2. The maximum Gasteiger partial charge on any atom is 0.294 e. The summed E-state index contributed by atoms with van der Waals surface area (Å²) in [5, 5.41) is 14.4. The van der Waals surface area contributed by atoms with E-state index in [2.05, 4.69) is 30.7 Å². The first-order valence-corrected chi connectivity index (χ1v) is 11.4. The number of rotatable bonds is 8. The molecule has 172 valence electrons. The Kier molecular flexibility index (Phi) is 7.29. The molecule has 0 bridgehead atoms. The van der Waals surface area contributed by atoms with E-state index in [-0.39, 0.29) is 23.6 Å². The average Bonchev–Trinajstić information content (AvgIpc) is 3.27. The zero-order valence-corrected chi connectivity index (χ0v) is 18.8. The lowest BCUT2D eigenvalue weighted by molar-refractivity contribution is -0.125. The summed E-state index contributed by atoms with van der Waals surface area (Å²) in [6, 6.07) is 15.2. The molecule has 0 atom stereocenters. The van der Waals surface area contributed by atoms with Crippen molar-refractivity contribution in [2.24, 2.45) is 5.92 Å². The van der Waals surface area contributed by atoms with Crippen molar-refractivity contribution in [1.29, 1.82) is 0 Å². The SMILES string of the molecule is CCCNC(=O)C1CCN(c2nnc(C(=O)Nc3ccccn3)n2Cc2ccccc2)CC1. The van der Waals surface area contributed by atoms with Gasteiger partial charge in [-0.15, -0.1) is 10.2 Å². The smallest absolute Gasteiger partial charge is 0.294 e. The Morgan fingerprint density at radius 1 is 1.03 bits per heavy atom. The third kappa shape index (κ3) is 5.54. The van der Waals surface area contributed by atoms with Crippen LogP contribution in [0.4, 0.5) is 11.8 Å². The van der Waals surface area contributed by atoms with Crippen molar-refractivity contribution in [2.75, 3.05) is 29.9 Å². The van der Waals surface area contributed by atoms with E-state index in [0.29, 0.717) is 37.9 Å². The summed E-state index contributed by atoms with van der Waals surface area (Å²) < 4.78 is 1.84. The van der Waals surface area contributed by atoms with Crippen LogP contribution in [0, 0.1) is 5.92 Å². The van der Waals surface area contributed by atoms with Gasteiger partial charge in [0.2, 0.25) is 17.7 Å². The van der Waals surface area contributed by atoms with E-state index in [1.54, 1.807) is 18.3 Å². The second-order valence-corrected chi connectivity index (χ2v) is 8.12. The summed E-state index contributed by atoms with van der Waals surface area (Å²) in [4.78, 5) is 31.6. The lowest BCUT2D eigenvalue weighted by Crippen LogP contribution is -2.41. The fraction of sp³-hybridized carbons (Fsp3) is 0.375. The lowest BCUT2D eigenvalue weighted by Gasteiger charge is -2.32. The van der Waals surface area contributed by atoms with E-state index >= 15 is 0 Å². The number of carbonyl (C=O) groups excluding carboxylic acids is 2. The molecule has 0 spiro atoms. The number of amides is 2. The molecule has 9 heteroatoms. The predicted molar refractivity (Wildman–Crippen MR) is 126 cm³/mol. The number of anilines is 2. The normalized spacial score (nSPS) is 14.2. The van der Waals surface area contributed by atoms with Crippen LogP contribution in [-0.4, -0.2) is 51.2 Å².